The van der Waals surface area contributed by atoms with E-state index in [9.17, 15) is 17.4 Å². The predicted octanol–water partition coefficient (Wildman–Crippen LogP) is 2.84. The quantitative estimate of drug-likeness (QED) is 0.609. The fraction of sp³-hybridized carbons (Fsp3) is 0.133. The van der Waals surface area contributed by atoms with Crippen molar-refractivity contribution in [1.29, 1.82) is 0 Å². The molecule has 0 N–H and O–H groups in total. The highest BCUT2D eigenvalue weighted by Gasteiger charge is 2.16. The molecule has 23 heavy (non-hydrogen) atoms. The summed E-state index contributed by atoms with van der Waals surface area (Å²) in [6.07, 6.45) is 1.09. The number of halogens is 1. The van der Waals surface area contributed by atoms with E-state index < -0.39 is 26.6 Å². The average Bonchev–Trinajstić information content (AvgIpc) is 2.47. The van der Waals surface area contributed by atoms with Gasteiger partial charge in [-0.3, -0.25) is 4.79 Å². The fourth-order valence-corrected chi connectivity index (χ4v) is 3.83. The van der Waals surface area contributed by atoms with Gasteiger partial charge in [0.15, 0.2) is 9.84 Å². The van der Waals surface area contributed by atoms with Crippen LogP contribution in [0.1, 0.15) is 6.92 Å². The Morgan fingerprint density at radius 3 is 2.26 bits per heavy atom. The predicted molar refractivity (Wildman–Crippen MR) is 87.0 cm³/mol. The van der Waals surface area contributed by atoms with Crippen LogP contribution in [0.3, 0.4) is 0 Å². The largest absolute Gasteiger partial charge is 0.425 e. The molecule has 1 unspecified atom stereocenters. The van der Waals surface area contributed by atoms with Crippen LogP contribution in [0.5, 0.6) is 5.75 Å². The van der Waals surface area contributed by atoms with Crippen molar-refractivity contribution < 1.29 is 22.2 Å². The summed E-state index contributed by atoms with van der Waals surface area (Å²) >= 11 is 5.92. The van der Waals surface area contributed by atoms with Crippen molar-refractivity contribution in [1.82, 2.24) is 0 Å². The topological polar surface area (TPSA) is 77.5 Å². The first-order chi connectivity index (χ1) is 10.7. The van der Waals surface area contributed by atoms with Gasteiger partial charge in [-0.15, -0.1) is 0 Å². The Bertz CT molecular complexity index is 873. The smallest absolute Gasteiger partial charge is 0.308 e. The molecule has 0 amide bonds. The molecule has 2 aromatic carbocycles. The summed E-state index contributed by atoms with van der Waals surface area (Å²) in [6, 6.07) is 10.1. The SMILES string of the molecule is CC(=O)Oc1ccc(Cl)cc1S(=O)c1ccc(S(C)(=O)=O)cc1. The summed E-state index contributed by atoms with van der Waals surface area (Å²) in [5, 5.41) is 0.344. The van der Waals surface area contributed by atoms with E-state index in [0.717, 1.165) is 6.26 Å². The second kappa shape index (κ2) is 6.82. The van der Waals surface area contributed by atoms with E-state index in [-0.39, 0.29) is 15.5 Å². The molecule has 5 nitrogen and oxygen atoms in total. The van der Waals surface area contributed by atoms with E-state index >= 15 is 0 Å². The Morgan fingerprint density at radius 2 is 1.74 bits per heavy atom. The van der Waals surface area contributed by atoms with E-state index in [1.807, 2.05) is 0 Å². The minimum absolute atomic E-state index is 0.129. The summed E-state index contributed by atoms with van der Waals surface area (Å²) in [6.45, 7) is 1.24. The maximum atomic E-state index is 12.7. The molecule has 0 radical (unpaired) electrons. The molecule has 0 aliphatic carbocycles. The van der Waals surface area contributed by atoms with Crippen LogP contribution in [-0.4, -0.2) is 24.9 Å². The van der Waals surface area contributed by atoms with Crippen LogP contribution in [0.4, 0.5) is 0 Å². The van der Waals surface area contributed by atoms with Crippen LogP contribution in [0.25, 0.3) is 0 Å². The maximum absolute atomic E-state index is 12.7. The first kappa shape index (κ1) is 17.7. The maximum Gasteiger partial charge on any atom is 0.308 e. The first-order valence-corrected chi connectivity index (χ1v) is 9.80. The number of carbonyl (C=O) groups excluding carboxylic acids is 1. The lowest BCUT2D eigenvalue weighted by Gasteiger charge is -2.09. The van der Waals surface area contributed by atoms with Gasteiger partial charge in [0.1, 0.15) is 5.75 Å². The van der Waals surface area contributed by atoms with Crippen molar-refractivity contribution in [2.24, 2.45) is 0 Å². The normalized spacial score (nSPS) is 12.7. The van der Waals surface area contributed by atoms with Crippen LogP contribution in [0.2, 0.25) is 5.02 Å². The lowest BCUT2D eigenvalue weighted by Crippen LogP contribution is -2.05. The summed E-state index contributed by atoms with van der Waals surface area (Å²) in [5.74, 6) is -0.398. The number of rotatable bonds is 4. The van der Waals surface area contributed by atoms with Crippen molar-refractivity contribution >= 4 is 38.2 Å². The Kier molecular flexibility index (Phi) is 5.23. The highest BCUT2D eigenvalue weighted by molar-refractivity contribution is 7.90. The van der Waals surface area contributed by atoms with E-state index in [1.54, 1.807) is 0 Å². The summed E-state index contributed by atoms with van der Waals surface area (Å²) in [7, 11) is -5.01. The molecule has 2 aromatic rings. The number of benzene rings is 2. The molecule has 8 heteroatoms. The molecule has 0 bridgehead atoms. The van der Waals surface area contributed by atoms with Crippen molar-refractivity contribution in [2.75, 3.05) is 6.26 Å². The van der Waals surface area contributed by atoms with Crippen LogP contribution < -0.4 is 4.74 Å². The van der Waals surface area contributed by atoms with E-state index in [0.29, 0.717) is 9.92 Å². The van der Waals surface area contributed by atoms with E-state index in [4.69, 9.17) is 16.3 Å². The molecule has 1 atom stereocenters. The van der Waals surface area contributed by atoms with Gasteiger partial charge in [-0.2, -0.15) is 0 Å². The van der Waals surface area contributed by atoms with Crippen molar-refractivity contribution in [2.45, 2.75) is 21.6 Å². The molecule has 122 valence electrons. The Hall–Kier alpha value is -1.70. The standard InChI is InChI=1S/C15H13ClO5S2/c1-10(17)21-14-8-3-11(16)9-15(14)22(18)12-4-6-13(7-5-12)23(2,19)20/h3-9H,1-2H3. The zero-order valence-corrected chi connectivity index (χ0v) is 14.7. The van der Waals surface area contributed by atoms with Gasteiger partial charge in [-0.25, -0.2) is 12.6 Å². The van der Waals surface area contributed by atoms with Gasteiger partial charge in [0.25, 0.3) is 0 Å². The molecular weight excluding hydrogens is 360 g/mol. The second-order valence-corrected chi connectivity index (χ2v) is 8.60. The van der Waals surface area contributed by atoms with Gasteiger partial charge >= 0.3 is 5.97 Å². The Balaban J connectivity index is 2.44. The summed E-state index contributed by atoms with van der Waals surface area (Å²) < 4.78 is 40.6. The average molecular weight is 373 g/mol. The fourth-order valence-electron chi connectivity index (χ4n) is 1.80. The van der Waals surface area contributed by atoms with Crippen LogP contribution in [0, 0.1) is 0 Å². The van der Waals surface area contributed by atoms with Gasteiger partial charge in [0, 0.05) is 23.1 Å². The molecular formula is C15H13ClO5S2. The van der Waals surface area contributed by atoms with Crippen molar-refractivity contribution in [3.63, 3.8) is 0 Å². The molecule has 0 saturated carbocycles. The molecule has 2 rings (SSSR count). The number of hydrogen-bond acceptors (Lipinski definition) is 5. The van der Waals surface area contributed by atoms with Gasteiger partial charge in [0.2, 0.25) is 0 Å². The second-order valence-electron chi connectivity index (χ2n) is 4.70. The van der Waals surface area contributed by atoms with Crippen LogP contribution in [0.15, 0.2) is 57.2 Å². The van der Waals surface area contributed by atoms with E-state index in [2.05, 4.69) is 0 Å². The van der Waals surface area contributed by atoms with Gasteiger partial charge in [-0.1, -0.05) is 11.6 Å². The molecule has 0 aromatic heterocycles. The summed E-state index contributed by atoms with van der Waals surface area (Å²) in [5.41, 5.74) is 0. The number of ether oxygens (including phenoxy) is 1. The number of carbonyl (C=O) groups is 1. The third-order valence-corrected chi connectivity index (χ3v) is 5.61. The monoisotopic (exact) mass is 372 g/mol. The number of esters is 1. The Labute approximate surface area is 141 Å². The highest BCUT2D eigenvalue weighted by Crippen LogP contribution is 2.30. The van der Waals surface area contributed by atoms with E-state index in [1.165, 1.54) is 49.4 Å². The minimum atomic E-state index is -3.33. The van der Waals surface area contributed by atoms with Gasteiger partial charge in [0.05, 0.1) is 20.6 Å². The molecule has 0 aliphatic heterocycles. The third-order valence-electron chi connectivity index (χ3n) is 2.83. The zero-order chi connectivity index (χ0) is 17.2. The lowest BCUT2D eigenvalue weighted by molar-refractivity contribution is -0.132. The minimum Gasteiger partial charge on any atom is -0.425 e. The van der Waals surface area contributed by atoms with Crippen molar-refractivity contribution in [3.8, 4) is 5.75 Å². The zero-order valence-electron chi connectivity index (χ0n) is 12.3. The summed E-state index contributed by atoms with van der Waals surface area (Å²) in [4.78, 5) is 11.9. The first-order valence-electron chi connectivity index (χ1n) is 6.38. The molecule has 0 saturated heterocycles. The van der Waals surface area contributed by atoms with Crippen LogP contribution in [-0.2, 0) is 25.4 Å². The van der Waals surface area contributed by atoms with Gasteiger partial charge < -0.3 is 4.74 Å². The molecule has 0 spiro atoms. The highest BCUT2D eigenvalue weighted by atomic mass is 35.5. The lowest BCUT2D eigenvalue weighted by atomic mass is 10.3. The van der Waals surface area contributed by atoms with Gasteiger partial charge in [-0.05, 0) is 42.5 Å². The number of hydrogen-bond donors (Lipinski definition) is 0. The molecule has 0 heterocycles. The molecule has 0 aliphatic rings. The van der Waals surface area contributed by atoms with Crippen molar-refractivity contribution in [3.05, 3.63) is 47.5 Å². The number of sulfone groups is 1. The Morgan fingerprint density at radius 1 is 1.13 bits per heavy atom. The molecule has 0 fully saturated rings. The van der Waals surface area contributed by atoms with Crippen LogP contribution >= 0.6 is 11.6 Å². The third kappa shape index (κ3) is 4.40.